The quantitative estimate of drug-likeness (QED) is 0.911. The summed E-state index contributed by atoms with van der Waals surface area (Å²) < 4.78 is 5.39. The Kier molecular flexibility index (Phi) is 4.28. The molecule has 0 radical (unpaired) electrons. The topological polar surface area (TPSA) is 49.8 Å². The van der Waals surface area contributed by atoms with E-state index in [2.05, 4.69) is 0 Å². The Morgan fingerprint density at radius 3 is 2.57 bits per heavy atom. The van der Waals surface area contributed by atoms with Gasteiger partial charge in [-0.2, -0.15) is 0 Å². The minimum absolute atomic E-state index is 0.0208. The first kappa shape index (κ1) is 15.8. The van der Waals surface area contributed by atoms with E-state index in [0.29, 0.717) is 13.1 Å². The molecule has 0 spiro atoms. The van der Waals surface area contributed by atoms with Gasteiger partial charge in [0.2, 0.25) is 0 Å². The monoisotopic (exact) mass is 291 g/mol. The van der Waals surface area contributed by atoms with Gasteiger partial charge in [-0.25, -0.2) is 4.79 Å². The Bertz CT molecular complexity index is 491. The molecule has 4 heteroatoms. The van der Waals surface area contributed by atoms with Crippen molar-refractivity contribution >= 4 is 6.09 Å². The lowest BCUT2D eigenvalue weighted by Gasteiger charge is -2.25. The number of carbonyl (C=O) groups is 1. The number of hydrogen-bond donors (Lipinski definition) is 1. The predicted molar refractivity (Wildman–Crippen MR) is 82.1 cm³/mol. The molecule has 1 aromatic rings. The van der Waals surface area contributed by atoms with E-state index < -0.39 is 11.2 Å². The standard InChI is InChI=1S/C17H25NO3/c1-16(2,3)21-15(19)18-11-14(17(4,20)12-18)10-13-8-6-5-7-9-13/h5-9,14,20H,10-12H2,1-4H3. The molecule has 1 aromatic carbocycles. The fourth-order valence-corrected chi connectivity index (χ4v) is 2.69. The lowest BCUT2D eigenvalue weighted by Crippen LogP contribution is -2.38. The van der Waals surface area contributed by atoms with Gasteiger partial charge in [0.25, 0.3) is 0 Å². The molecule has 1 heterocycles. The highest BCUT2D eigenvalue weighted by Gasteiger charge is 2.44. The van der Waals surface area contributed by atoms with Gasteiger partial charge in [-0.3, -0.25) is 0 Å². The molecular formula is C17H25NO3. The average molecular weight is 291 g/mol. The summed E-state index contributed by atoms with van der Waals surface area (Å²) in [5.74, 6) is 0.0208. The first-order valence-electron chi connectivity index (χ1n) is 7.42. The number of β-amino-alcohol motifs (C(OH)–C–C–N with tert-alkyl or cyclic N) is 1. The van der Waals surface area contributed by atoms with E-state index in [-0.39, 0.29) is 12.0 Å². The van der Waals surface area contributed by atoms with Crippen molar-refractivity contribution in [2.24, 2.45) is 5.92 Å². The van der Waals surface area contributed by atoms with Gasteiger partial charge in [0.05, 0.1) is 12.1 Å². The van der Waals surface area contributed by atoms with Gasteiger partial charge in [0, 0.05) is 12.5 Å². The van der Waals surface area contributed by atoms with Gasteiger partial charge in [-0.05, 0) is 39.7 Å². The van der Waals surface area contributed by atoms with E-state index in [4.69, 9.17) is 4.74 Å². The van der Waals surface area contributed by atoms with Crippen molar-refractivity contribution in [2.75, 3.05) is 13.1 Å². The maximum Gasteiger partial charge on any atom is 0.410 e. The Labute approximate surface area is 126 Å². The second-order valence-corrected chi connectivity index (χ2v) is 7.10. The van der Waals surface area contributed by atoms with Crippen molar-refractivity contribution in [3.63, 3.8) is 0 Å². The Morgan fingerprint density at radius 2 is 2.00 bits per heavy atom. The molecule has 1 aliphatic heterocycles. The molecule has 0 aromatic heterocycles. The van der Waals surface area contributed by atoms with Crippen LogP contribution in [0.15, 0.2) is 30.3 Å². The molecule has 116 valence electrons. The van der Waals surface area contributed by atoms with Crippen molar-refractivity contribution in [3.8, 4) is 0 Å². The molecule has 2 atom stereocenters. The third kappa shape index (κ3) is 4.21. The van der Waals surface area contributed by atoms with Crippen molar-refractivity contribution in [1.29, 1.82) is 0 Å². The van der Waals surface area contributed by atoms with Crippen LogP contribution in [-0.4, -0.2) is 40.4 Å². The molecule has 1 saturated heterocycles. The van der Waals surface area contributed by atoms with Gasteiger partial charge in [0.1, 0.15) is 5.60 Å². The normalized spacial score (nSPS) is 26.0. The lowest BCUT2D eigenvalue weighted by molar-refractivity contribution is 0.0136. The van der Waals surface area contributed by atoms with Crippen LogP contribution >= 0.6 is 0 Å². The first-order chi connectivity index (χ1) is 9.67. The fraction of sp³-hybridized carbons (Fsp3) is 0.588. The van der Waals surface area contributed by atoms with Crippen molar-refractivity contribution in [2.45, 2.75) is 45.3 Å². The summed E-state index contributed by atoms with van der Waals surface area (Å²) in [4.78, 5) is 13.7. The summed E-state index contributed by atoms with van der Waals surface area (Å²) in [6.07, 6.45) is 0.408. The number of nitrogens with zero attached hydrogens (tertiary/aromatic N) is 1. The zero-order valence-electron chi connectivity index (χ0n) is 13.3. The molecule has 2 rings (SSSR count). The second kappa shape index (κ2) is 5.68. The van der Waals surface area contributed by atoms with Gasteiger partial charge in [-0.1, -0.05) is 30.3 Å². The fourth-order valence-electron chi connectivity index (χ4n) is 2.69. The van der Waals surface area contributed by atoms with Crippen LogP contribution in [0.25, 0.3) is 0 Å². The highest BCUT2D eigenvalue weighted by atomic mass is 16.6. The van der Waals surface area contributed by atoms with Crippen LogP contribution in [-0.2, 0) is 11.2 Å². The number of aliphatic hydroxyl groups is 1. The van der Waals surface area contributed by atoms with E-state index >= 15 is 0 Å². The van der Waals surface area contributed by atoms with Gasteiger partial charge < -0.3 is 14.7 Å². The van der Waals surface area contributed by atoms with Crippen LogP contribution in [0.4, 0.5) is 4.79 Å². The van der Waals surface area contributed by atoms with E-state index in [9.17, 15) is 9.90 Å². The van der Waals surface area contributed by atoms with E-state index in [0.717, 1.165) is 6.42 Å². The number of amides is 1. The van der Waals surface area contributed by atoms with Crippen molar-refractivity contribution in [1.82, 2.24) is 4.90 Å². The van der Waals surface area contributed by atoms with Gasteiger partial charge >= 0.3 is 6.09 Å². The van der Waals surface area contributed by atoms with Gasteiger partial charge in [-0.15, -0.1) is 0 Å². The lowest BCUT2D eigenvalue weighted by atomic mass is 9.87. The molecule has 0 saturated carbocycles. The number of ether oxygens (including phenoxy) is 1. The number of rotatable bonds is 2. The van der Waals surface area contributed by atoms with E-state index in [1.165, 1.54) is 5.56 Å². The molecular weight excluding hydrogens is 266 g/mol. The zero-order valence-corrected chi connectivity index (χ0v) is 13.3. The maximum absolute atomic E-state index is 12.1. The zero-order chi connectivity index (χ0) is 15.7. The SMILES string of the molecule is CC(C)(C)OC(=O)N1CC(Cc2ccccc2)C(C)(O)C1. The summed E-state index contributed by atoms with van der Waals surface area (Å²) >= 11 is 0. The number of hydrogen-bond acceptors (Lipinski definition) is 3. The number of likely N-dealkylation sites (tertiary alicyclic amines) is 1. The van der Waals surface area contributed by atoms with Crippen LogP contribution in [0.1, 0.15) is 33.3 Å². The van der Waals surface area contributed by atoms with Crippen LogP contribution in [0, 0.1) is 5.92 Å². The molecule has 4 nitrogen and oxygen atoms in total. The average Bonchev–Trinajstić information content (AvgIpc) is 2.64. The van der Waals surface area contributed by atoms with Gasteiger partial charge in [0.15, 0.2) is 0 Å². The second-order valence-electron chi connectivity index (χ2n) is 7.10. The Hall–Kier alpha value is -1.55. The molecule has 2 unspecified atom stereocenters. The number of carbonyl (C=O) groups excluding carboxylic acids is 1. The molecule has 1 fully saturated rings. The number of benzene rings is 1. The molecule has 1 N–H and O–H groups in total. The largest absolute Gasteiger partial charge is 0.444 e. The van der Waals surface area contributed by atoms with E-state index in [1.807, 2.05) is 51.1 Å². The summed E-state index contributed by atoms with van der Waals surface area (Å²) in [5, 5.41) is 10.6. The van der Waals surface area contributed by atoms with Crippen molar-refractivity contribution in [3.05, 3.63) is 35.9 Å². The maximum atomic E-state index is 12.1. The van der Waals surface area contributed by atoms with Crippen molar-refractivity contribution < 1.29 is 14.6 Å². The Balaban J connectivity index is 2.03. The molecule has 0 bridgehead atoms. The highest BCUT2D eigenvalue weighted by molar-refractivity contribution is 5.68. The van der Waals surface area contributed by atoms with Crippen LogP contribution in [0.5, 0.6) is 0 Å². The highest BCUT2D eigenvalue weighted by Crippen LogP contribution is 2.31. The van der Waals surface area contributed by atoms with Crippen LogP contribution < -0.4 is 0 Å². The molecule has 21 heavy (non-hydrogen) atoms. The molecule has 1 aliphatic rings. The first-order valence-corrected chi connectivity index (χ1v) is 7.42. The Morgan fingerprint density at radius 1 is 1.38 bits per heavy atom. The minimum atomic E-state index is -0.882. The third-order valence-corrected chi connectivity index (χ3v) is 3.81. The smallest absolute Gasteiger partial charge is 0.410 e. The summed E-state index contributed by atoms with van der Waals surface area (Å²) in [5.41, 5.74) is -0.221. The third-order valence-electron chi connectivity index (χ3n) is 3.81. The van der Waals surface area contributed by atoms with Crippen LogP contribution in [0.2, 0.25) is 0 Å². The minimum Gasteiger partial charge on any atom is -0.444 e. The summed E-state index contributed by atoms with van der Waals surface area (Å²) in [6, 6.07) is 10.1. The van der Waals surface area contributed by atoms with Crippen LogP contribution in [0.3, 0.4) is 0 Å². The molecule has 1 amide bonds. The summed E-state index contributed by atoms with van der Waals surface area (Å²) in [6.45, 7) is 8.18. The molecule has 0 aliphatic carbocycles. The van der Waals surface area contributed by atoms with E-state index in [1.54, 1.807) is 11.8 Å². The predicted octanol–water partition coefficient (Wildman–Crippen LogP) is 2.85. The summed E-state index contributed by atoms with van der Waals surface area (Å²) in [7, 11) is 0.